The first kappa shape index (κ1) is 20.8. The number of carbonyl (C=O) groups is 1. The molecule has 1 aliphatic carbocycles. The molecule has 2 aliphatic rings. The molecular formula is C27H25N3OS. The van der Waals surface area contributed by atoms with Gasteiger partial charge in [-0.1, -0.05) is 60.3 Å². The molecule has 0 saturated heterocycles. The van der Waals surface area contributed by atoms with Crippen molar-refractivity contribution >= 4 is 23.4 Å². The molecule has 2 aromatic carbocycles. The van der Waals surface area contributed by atoms with E-state index in [0.29, 0.717) is 22.3 Å². The molecule has 0 radical (unpaired) electrons. The third kappa shape index (κ3) is 4.16. The van der Waals surface area contributed by atoms with Crippen molar-refractivity contribution in [3.8, 4) is 6.07 Å². The first-order valence-corrected chi connectivity index (χ1v) is 12.2. The Morgan fingerprint density at radius 2 is 1.91 bits per heavy atom. The average Bonchev–Trinajstić information content (AvgIpc) is 2.86. The van der Waals surface area contributed by atoms with Gasteiger partial charge in [-0.05, 0) is 66.8 Å². The number of fused-ring (bicyclic) bond motifs is 2. The van der Waals surface area contributed by atoms with Crippen LogP contribution in [-0.4, -0.2) is 23.2 Å². The van der Waals surface area contributed by atoms with E-state index in [2.05, 4.69) is 36.4 Å². The number of para-hydroxylation sites is 1. The van der Waals surface area contributed by atoms with Crippen LogP contribution in [0.4, 0.5) is 5.69 Å². The standard InChI is InChI=1S/C27H25N3OS/c28-17-23-16-22-15-21(19-7-2-1-3-8-19)12-13-24(22)29-27(23)32-18-26(31)30-14-6-10-20-9-4-5-11-25(20)30/h1-5,7-9,11,16,21H,6,10,12-15,18H2. The number of thioether (sulfide) groups is 1. The van der Waals surface area contributed by atoms with Gasteiger partial charge in [0, 0.05) is 17.9 Å². The maximum atomic E-state index is 13.0. The highest BCUT2D eigenvalue weighted by Crippen LogP contribution is 2.35. The molecule has 5 rings (SSSR count). The zero-order valence-corrected chi connectivity index (χ0v) is 18.8. The number of anilines is 1. The number of aromatic nitrogens is 1. The second kappa shape index (κ2) is 9.18. The quantitative estimate of drug-likeness (QED) is 0.518. The van der Waals surface area contributed by atoms with Crippen molar-refractivity contribution < 1.29 is 4.79 Å². The Morgan fingerprint density at radius 3 is 2.75 bits per heavy atom. The van der Waals surface area contributed by atoms with Crippen molar-refractivity contribution in [3.63, 3.8) is 0 Å². The molecule has 1 amide bonds. The van der Waals surface area contributed by atoms with Gasteiger partial charge in [0.1, 0.15) is 11.1 Å². The third-order valence-electron chi connectivity index (χ3n) is 6.49. The molecular weight excluding hydrogens is 414 g/mol. The van der Waals surface area contributed by atoms with Gasteiger partial charge < -0.3 is 4.90 Å². The van der Waals surface area contributed by atoms with Gasteiger partial charge in [-0.15, -0.1) is 0 Å². The summed E-state index contributed by atoms with van der Waals surface area (Å²) in [6.45, 7) is 0.750. The van der Waals surface area contributed by atoms with Crippen LogP contribution >= 0.6 is 11.8 Å². The van der Waals surface area contributed by atoms with Crippen LogP contribution in [0.25, 0.3) is 0 Å². The number of rotatable bonds is 4. The molecule has 1 atom stereocenters. The number of carbonyl (C=O) groups excluding carboxylic acids is 1. The van der Waals surface area contributed by atoms with Crippen molar-refractivity contribution in [1.29, 1.82) is 5.26 Å². The van der Waals surface area contributed by atoms with Crippen LogP contribution in [0.5, 0.6) is 0 Å². The maximum Gasteiger partial charge on any atom is 0.237 e. The summed E-state index contributed by atoms with van der Waals surface area (Å²) in [4.78, 5) is 19.7. The van der Waals surface area contributed by atoms with Crippen LogP contribution < -0.4 is 4.90 Å². The largest absolute Gasteiger partial charge is 0.311 e. The maximum absolute atomic E-state index is 13.0. The van der Waals surface area contributed by atoms with E-state index in [0.717, 1.165) is 50.0 Å². The first-order valence-electron chi connectivity index (χ1n) is 11.2. The molecule has 1 aromatic heterocycles. The molecule has 3 aromatic rings. The monoisotopic (exact) mass is 439 g/mol. The minimum Gasteiger partial charge on any atom is -0.311 e. The number of hydrogen-bond acceptors (Lipinski definition) is 4. The van der Waals surface area contributed by atoms with Gasteiger partial charge in [-0.25, -0.2) is 4.98 Å². The van der Waals surface area contributed by atoms with Crippen molar-refractivity contribution in [2.24, 2.45) is 0 Å². The molecule has 0 saturated carbocycles. The number of nitrogens with zero attached hydrogens (tertiary/aromatic N) is 3. The molecule has 0 N–H and O–H groups in total. The van der Waals surface area contributed by atoms with Gasteiger partial charge in [0.25, 0.3) is 0 Å². The van der Waals surface area contributed by atoms with E-state index in [4.69, 9.17) is 4.98 Å². The Bertz CT molecular complexity index is 1190. The molecule has 1 unspecified atom stereocenters. The minimum atomic E-state index is 0.0784. The van der Waals surface area contributed by atoms with Gasteiger partial charge >= 0.3 is 0 Å². The lowest BCUT2D eigenvalue weighted by molar-refractivity contribution is -0.116. The Hall–Kier alpha value is -3.10. The normalized spacial score (nSPS) is 17.2. The Balaban J connectivity index is 1.31. The molecule has 0 spiro atoms. The van der Waals surface area contributed by atoms with Crippen LogP contribution in [-0.2, 0) is 24.1 Å². The van der Waals surface area contributed by atoms with Crippen molar-refractivity contribution in [2.75, 3.05) is 17.2 Å². The number of benzene rings is 2. The molecule has 0 fully saturated rings. The van der Waals surface area contributed by atoms with Gasteiger partial charge in [0.2, 0.25) is 5.91 Å². The Kier molecular flexibility index (Phi) is 5.96. The second-order valence-corrected chi connectivity index (χ2v) is 9.44. The van der Waals surface area contributed by atoms with E-state index in [1.54, 1.807) is 0 Å². The van der Waals surface area contributed by atoms with Crippen LogP contribution in [0.1, 0.15) is 46.7 Å². The van der Waals surface area contributed by atoms with E-state index in [9.17, 15) is 10.1 Å². The highest BCUT2D eigenvalue weighted by Gasteiger charge is 2.25. The van der Waals surface area contributed by atoms with E-state index in [1.807, 2.05) is 35.2 Å². The molecule has 160 valence electrons. The highest BCUT2D eigenvalue weighted by molar-refractivity contribution is 8.00. The summed E-state index contributed by atoms with van der Waals surface area (Å²) in [5, 5.41) is 10.4. The molecule has 1 aliphatic heterocycles. The summed E-state index contributed by atoms with van der Waals surface area (Å²) in [5.41, 5.74) is 6.43. The van der Waals surface area contributed by atoms with Crippen LogP contribution in [0.15, 0.2) is 65.7 Å². The van der Waals surface area contributed by atoms with Crippen molar-refractivity contribution in [3.05, 3.63) is 88.6 Å². The van der Waals surface area contributed by atoms with Gasteiger partial charge in [-0.2, -0.15) is 5.26 Å². The Morgan fingerprint density at radius 1 is 1.09 bits per heavy atom. The van der Waals surface area contributed by atoms with Crippen LogP contribution in [0.3, 0.4) is 0 Å². The number of amides is 1. The number of hydrogen-bond donors (Lipinski definition) is 0. The zero-order valence-electron chi connectivity index (χ0n) is 18.0. The predicted molar refractivity (Wildman–Crippen MR) is 128 cm³/mol. The second-order valence-electron chi connectivity index (χ2n) is 8.48. The van der Waals surface area contributed by atoms with Gasteiger partial charge in [0.15, 0.2) is 0 Å². The smallest absolute Gasteiger partial charge is 0.237 e. The summed E-state index contributed by atoms with van der Waals surface area (Å²) >= 11 is 1.39. The fourth-order valence-electron chi connectivity index (χ4n) is 4.85. The average molecular weight is 440 g/mol. The SMILES string of the molecule is N#Cc1cc2c(nc1SCC(=O)N1CCCc3ccccc31)CCC(c1ccccc1)C2. The first-order chi connectivity index (χ1) is 15.7. The lowest BCUT2D eigenvalue weighted by atomic mass is 9.82. The fourth-order valence-corrected chi connectivity index (χ4v) is 5.70. The number of nitriles is 1. The molecule has 0 bridgehead atoms. The summed E-state index contributed by atoms with van der Waals surface area (Å²) in [6.07, 6.45) is 4.87. The van der Waals surface area contributed by atoms with Gasteiger partial charge in [-0.3, -0.25) is 4.79 Å². The lowest BCUT2D eigenvalue weighted by Gasteiger charge is -2.29. The Labute approximate surface area is 193 Å². The topological polar surface area (TPSA) is 57.0 Å². The molecule has 2 heterocycles. The fraction of sp³-hybridized carbons (Fsp3) is 0.296. The summed E-state index contributed by atoms with van der Waals surface area (Å²) in [6, 6.07) is 23.0. The summed E-state index contributed by atoms with van der Waals surface area (Å²) in [5.74, 6) is 0.840. The van der Waals surface area contributed by atoms with E-state index in [-0.39, 0.29) is 5.91 Å². The van der Waals surface area contributed by atoms with Crippen molar-refractivity contribution in [1.82, 2.24) is 4.98 Å². The van der Waals surface area contributed by atoms with E-state index < -0.39 is 0 Å². The molecule has 4 nitrogen and oxygen atoms in total. The molecule has 32 heavy (non-hydrogen) atoms. The van der Waals surface area contributed by atoms with E-state index >= 15 is 0 Å². The lowest BCUT2D eigenvalue weighted by Crippen LogP contribution is -2.36. The predicted octanol–water partition coefficient (Wildman–Crippen LogP) is 5.30. The highest BCUT2D eigenvalue weighted by atomic mass is 32.2. The number of aryl methyl sites for hydroxylation is 2. The summed E-state index contributed by atoms with van der Waals surface area (Å²) in [7, 11) is 0. The third-order valence-corrected chi connectivity index (χ3v) is 7.46. The summed E-state index contributed by atoms with van der Waals surface area (Å²) < 4.78 is 0. The van der Waals surface area contributed by atoms with E-state index in [1.165, 1.54) is 28.5 Å². The van der Waals surface area contributed by atoms with Gasteiger partial charge in [0.05, 0.1) is 11.3 Å². The minimum absolute atomic E-state index is 0.0784. The number of pyridine rings is 1. The molecule has 5 heteroatoms. The zero-order chi connectivity index (χ0) is 21.9. The van der Waals surface area contributed by atoms with Crippen LogP contribution in [0, 0.1) is 11.3 Å². The van der Waals surface area contributed by atoms with Crippen molar-refractivity contribution in [2.45, 2.75) is 43.0 Å². The van der Waals surface area contributed by atoms with Crippen LogP contribution in [0.2, 0.25) is 0 Å².